The number of anilines is 1. The molecule has 0 aliphatic heterocycles. The number of benzene rings is 2. The highest BCUT2D eigenvalue weighted by atomic mass is 32.2. The number of amides is 1. The number of ether oxygens (including phenoxy) is 1. The number of hydrogen-bond acceptors (Lipinski definition) is 3. The average Bonchev–Trinajstić information content (AvgIpc) is 2.50. The van der Waals surface area contributed by atoms with Gasteiger partial charge in [-0.05, 0) is 42.0 Å². The van der Waals surface area contributed by atoms with Crippen molar-refractivity contribution in [3.63, 3.8) is 0 Å². The number of rotatable bonds is 6. The molecule has 0 heterocycles. The average molecular weight is 323 g/mol. The van der Waals surface area contributed by atoms with Crippen molar-refractivity contribution in [3.8, 4) is 5.75 Å². The molecule has 1 amide bonds. The molecular weight excluding hydrogens is 308 g/mol. The Hall–Kier alpha value is -2.08. The molecule has 2 aromatic rings. The largest absolute Gasteiger partial charge is 0.494 e. The predicted molar refractivity (Wildman–Crippen MR) is 84.1 cm³/mol. The quantitative estimate of drug-likeness (QED) is 0.877. The van der Waals surface area contributed by atoms with Crippen LogP contribution in [0.4, 0.5) is 14.5 Å². The van der Waals surface area contributed by atoms with Crippen LogP contribution in [0, 0.1) is 11.6 Å². The van der Waals surface area contributed by atoms with Crippen LogP contribution in [0.15, 0.2) is 42.5 Å². The van der Waals surface area contributed by atoms with E-state index in [1.165, 1.54) is 49.2 Å². The van der Waals surface area contributed by atoms with Crippen molar-refractivity contribution in [2.75, 3.05) is 18.2 Å². The minimum Gasteiger partial charge on any atom is -0.494 e. The minimum atomic E-state index is -0.420. The summed E-state index contributed by atoms with van der Waals surface area (Å²) < 4.78 is 31.1. The Morgan fingerprint density at radius 3 is 2.55 bits per heavy atom. The maximum absolute atomic E-state index is 13.5. The molecule has 116 valence electrons. The van der Waals surface area contributed by atoms with Crippen LogP contribution in [0.25, 0.3) is 0 Å². The Kier molecular flexibility index (Phi) is 5.77. The van der Waals surface area contributed by atoms with E-state index in [-0.39, 0.29) is 23.2 Å². The summed E-state index contributed by atoms with van der Waals surface area (Å²) in [4.78, 5) is 11.7. The summed E-state index contributed by atoms with van der Waals surface area (Å²) in [6, 6.07) is 10.3. The molecule has 1 N–H and O–H groups in total. The van der Waals surface area contributed by atoms with Crippen molar-refractivity contribution in [2.45, 2.75) is 5.75 Å². The Bertz CT molecular complexity index is 647. The Morgan fingerprint density at radius 2 is 1.91 bits per heavy atom. The summed E-state index contributed by atoms with van der Waals surface area (Å²) in [7, 11) is 1.41. The molecule has 22 heavy (non-hydrogen) atoms. The smallest absolute Gasteiger partial charge is 0.234 e. The minimum absolute atomic E-state index is 0.189. The molecule has 0 atom stereocenters. The van der Waals surface area contributed by atoms with Gasteiger partial charge in [0.1, 0.15) is 5.82 Å². The molecule has 0 unspecified atom stereocenters. The van der Waals surface area contributed by atoms with Gasteiger partial charge in [0.25, 0.3) is 0 Å². The van der Waals surface area contributed by atoms with E-state index in [1.807, 2.05) is 0 Å². The summed E-state index contributed by atoms with van der Waals surface area (Å²) >= 11 is 1.37. The Labute approximate surface area is 131 Å². The number of nitrogens with one attached hydrogen (secondary N) is 1. The molecule has 2 aromatic carbocycles. The van der Waals surface area contributed by atoms with Gasteiger partial charge in [-0.1, -0.05) is 6.07 Å². The zero-order valence-corrected chi connectivity index (χ0v) is 12.8. The SMILES string of the molecule is COc1ccc(CSCC(=O)Nc2ccc(F)cc2)cc1F. The van der Waals surface area contributed by atoms with Gasteiger partial charge in [0.15, 0.2) is 11.6 Å². The van der Waals surface area contributed by atoms with Crippen molar-refractivity contribution >= 4 is 23.4 Å². The molecule has 0 spiro atoms. The topological polar surface area (TPSA) is 38.3 Å². The van der Waals surface area contributed by atoms with E-state index in [2.05, 4.69) is 5.32 Å². The van der Waals surface area contributed by atoms with Crippen molar-refractivity contribution in [1.29, 1.82) is 0 Å². The summed E-state index contributed by atoms with van der Waals surface area (Å²) in [5.41, 5.74) is 1.32. The molecule has 6 heteroatoms. The van der Waals surface area contributed by atoms with E-state index < -0.39 is 5.82 Å². The van der Waals surface area contributed by atoms with Crippen LogP contribution in [-0.2, 0) is 10.5 Å². The normalized spacial score (nSPS) is 10.3. The van der Waals surface area contributed by atoms with Gasteiger partial charge in [0.05, 0.1) is 12.9 Å². The van der Waals surface area contributed by atoms with Gasteiger partial charge in [0, 0.05) is 11.4 Å². The first-order chi connectivity index (χ1) is 10.6. The second-order valence-corrected chi connectivity index (χ2v) is 5.50. The van der Waals surface area contributed by atoms with Crippen LogP contribution in [0.5, 0.6) is 5.75 Å². The fourth-order valence-electron chi connectivity index (χ4n) is 1.79. The van der Waals surface area contributed by atoms with Gasteiger partial charge in [-0.15, -0.1) is 11.8 Å². The lowest BCUT2D eigenvalue weighted by Gasteiger charge is -2.06. The van der Waals surface area contributed by atoms with Crippen molar-refractivity contribution in [2.24, 2.45) is 0 Å². The van der Waals surface area contributed by atoms with Crippen molar-refractivity contribution < 1.29 is 18.3 Å². The molecule has 3 nitrogen and oxygen atoms in total. The molecule has 2 rings (SSSR count). The van der Waals surface area contributed by atoms with E-state index in [9.17, 15) is 13.6 Å². The first kappa shape index (κ1) is 16.3. The van der Waals surface area contributed by atoms with Gasteiger partial charge in [0.2, 0.25) is 5.91 Å². The third-order valence-electron chi connectivity index (χ3n) is 2.85. The number of thioether (sulfide) groups is 1. The fraction of sp³-hybridized carbons (Fsp3) is 0.188. The van der Waals surface area contributed by atoms with Gasteiger partial charge in [-0.25, -0.2) is 8.78 Å². The highest BCUT2D eigenvalue weighted by Crippen LogP contribution is 2.21. The van der Waals surface area contributed by atoms with Crippen LogP contribution in [0.1, 0.15) is 5.56 Å². The monoisotopic (exact) mass is 323 g/mol. The standard InChI is InChI=1S/C16H15F2NO2S/c1-21-15-7-2-11(8-14(15)18)9-22-10-16(20)19-13-5-3-12(17)4-6-13/h2-8H,9-10H2,1H3,(H,19,20). The Balaban J connectivity index is 1.79. The first-order valence-corrected chi connectivity index (χ1v) is 7.69. The first-order valence-electron chi connectivity index (χ1n) is 6.54. The van der Waals surface area contributed by atoms with Gasteiger partial charge in [-0.2, -0.15) is 0 Å². The highest BCUT2D eigenvalue weighted by Gasteiger charge is 2.06. The van der Waals surface area contributed by atoms with Gasteiger partial charge in [-0.3, -0.25) is 4.79 Å². The molecule has 0 aromatic heterocycles. The Morgan fingerprint density at radius 1 is 1.18 bits per heavy atom. The van der Waals surface area contributed by atoms with E-state index in [0.29, 0.717) is 11.4 Å². The lowest BCUT2D eigenvalue weighted by molar-refractivity contribution is -0.113. The fourth-order valence-corrected chi connectivity index (χ4v) is 2.57. The predicted octanol–water partition coefficient (Wildman–Crippen LogP) is 3.85. The van der Waals surface area contributed by atoms with Crippen LogP contribution < -0.4 is 10.1 Å². The molecule has 0 fully saturated rings. The lowest BCUT2D eigenvalue weighted by Crippen LogP contribution is -2.14. The molecule has 0 saturated carbocycles. The van der Waals surface area contributed by atoms with Crippen LogP contribution in [0.2, 0.25) is 0 Å². The van der Waals surface area contributed by atoms with E-state index >= 15 is 0 Å². The summed E-state index contributed by atoms with van der Waals surface area (Å²) in [5.74, 6) is -0.0263. The summed E-state index contributed by atoms with van der Waals surface area (Å²) in [6.45, 7) is 0. The third kappa shape index (κ3) is 4.73. The number of carbonyl (C=O) groups excluding carboxylic acids is 1. The maximum atomic E-state index is 13.5. The second-order valence-electron chi connectivity index (χ2n) is 4.52. The number of halogens is 2. The molecule has 0 aliphatic carbocycles. The van der Waals surface area contributed by atoms with Crippen molar-refractivity contribution in [1.82, 2.24) is 0 Å². The van der Waals surface area contributed by atoms with E-state index in [4.69, 9.17) is 4.74 Å². The molecule has 0 radical (unpaired) electrons. The summed E-state index contributed by atoms with van der Waals surface area (Å²) in [6.07, 6.45) is 0. The van der Waals surface area contributed by atoms with Gasteiger partial charge < -0.3 is 10.1 Å². The third-order valence-corrected chi connectivity index (χ3v) is 3.85. The van der Waals surface area contributed by atoms with Crippen molar-refractivity contribution in [3.05, 3.63) is 59.7 Å². The zero-order valence-electron chi connectivity index (χ0n) is 11.9. The lowest BCUT2D eigenvalue weighted by atomic mass is 10.2. The molecule has 0 saturated heterocycles. The highest BCUT2D eigenvalue weighted by molar-refractivity contribution is 7.99. The van der Waals surface area contributed by atoms with Gasteiger partial charge >= 0.3 is 0 Å². The second kappa shape index (κ2) is 7.79. The summed E-state index contributed by atoms with van der Waals surface area (Å²) in [5, 5.41) is 2.66. The number of hydrogen-bond donors (Lipinski definition) is 1. The molecular formula is C16H15F2NO2S. The molecule has 0 aliphatic rings. The zero-order chi connectivity index (χ0) is 15.9. The van der Waals surface area contributed by atoms with Crippen LogP contribution in [-0.4, -0.2) is 18.8 Å². The van der Waals surface area contributed by atoms with Crippen LogP contribution in [0.3, 0.4) is 0 Å². The van der Waals surface area contributed by atoms with E-state index in [1.54, 1.807) is 12.1 Å². The van der Waals surface area contributed by atoms with Crippen LogP contribution >= 0.6 is 11.8 Å². The molecule has 0 bridgehead atoms. The maximum Gasteiger partial charge on any atom is 0.234 e. The number of carbonyl (C=O) groups is 1. The van der Waals surface area contributed by atoms with E-state index in [0.717, 1.165) is 5.56 Å². The number of methoxy groups -OCH3 is 1.